The average Bonchev–Trinajstić information content (AvgIpc) is 3.24. The molecule has 7 heteroatoms. The predicted molar refractivity (Wildman–Crippen MR) is 87.8 cm³/mol. The molecule has 0 radical (unpaired) electrons. The highest BCUT2D eigenvalue weighted by Gasteiger charge is 2.24. The summed E-state index contributed by atoms with van der Waals surface area (Å²) in [6, 6.07) is 7.34. The molecular formula is C17H18N6O. The van der Waals surface area contributed by atoms with E-state index in [1.165, 1.54) is 0 Å². The van der Waals surface area contributed by atoms with Gasteiger partial charge in [0.1, 0.15) is 12.2 Å². The van der Waals surface area contributed by atoms with E-state index in [1.54, 1.807) is 17.2 Å². The Morgan fingerprint density at radius 3 is 2.83 bits per heavy atom. The van der Waals surface area contributed by atoms with Crippen molar-refractivity contribution in [3.05, 3.63) is 59.9 Å². The first-order valence-corrected chi connectivity index (χ1v) is 8.01. The van der Waals surface area contributed by atoms with Crippen LogP contribution in [-0.4, -0.2) is 30.5 Å². The zero-order chi connectivity index (χ0) is 16.5. The fourth-order valence-electron chi connectivity index (χ4n) is 2.99. The summed E-state index contributed by atoms with van der Waals surface area (Å²) in [7, 11) is 0. The molecule has 0 aliphatic carbocycles. The van der Waals surface area contributed by atoms with Gasteiger partial charge in [0.2, 0.25) is 0 Å². The van der Waals surface area contributed by atoms with E-state index in [9.17, 15) is 4.79 Å². The first-order chi connectivity index (χ1) is 11.7. The van der Waals surface area contributed by atoms with Crippen molar-refractivity contribution in [3.8, 4) is 5.69 Å². The fourth-order valence-corrected chi connectivity index (χ4v) is 2.99. The number of carbonyl (C=O) groups excluding carboxylic acids is 1. The van der Waals surface area contributed by atoms with Gasteiger partial charge in [-0.2, -0.15) is 10.2 Å². The lowest BCUT2D eigenvalue weighted by molar-refractivity contribution is 0.0927. The number of rotatable bonds is 3. The van der Waals surface area contributed by atoms with Gasteiger partial charge in [-0.1, -0.05) is 0 Å². The van der Waals surface area contributed by atoms with Crippen molar-refractivity contribution in [2.45, 2.75) is 32.4 Å². The van der Waals surface area contributed by atoms with Crippen molar-refractivity contribution in [2.75, 3.05) is 0 Å². The van der Waals surface area contributed by atoms with Gasteiger partial charge < -0.3 is 5.32 Å². The van der Waals surface area contributed by atoms with Gasteiger partial charge in [0.25, 0.3) is 5.91 Å². The summed E-state index contributed by atoms with van der Waals surface area (Å²) in [5, 5.41) is 11.5. The van der Waals surface area contributed by atoms with E-state index in [0.717, 1.165) is 36.5 Å². The van der Waals surface area contributed by atoms with E-state index in [1.807, 2.05) is 42.1 Å². The molecule has 1 aliphatic heterocycles. The van der Waals surface area contributed by atoms with Gasteiger partial charge in [-0.05, 0) is 49.6 Å². The van der Waals surface area contributed by atoms with Crippen LogP contribution in [0.4, 0.5) is 0 Å². The van der Waals surface area contributed by atoms with Crippen molar-refractivity contribution in [2.24, 2.45) is 0 Å². The third kappa shape index (κ3) is 2.68. The van der Waals surface area contributed by atoms with Gasteiger partial charge in [-0.3, -0.25) is 4.79 Å². The number of aryl methyl sites for hydroxylation is 2. The average molecular weight is 322 g/mol. The lowest BCUT2D eigenvalue weighted by Gasteiger charge is -2.23. The van der Waals surface area contributed by atoms with E-state index < -0.39 is 0 Å². The highest BCUT2D eigenvalue weighted by molar-refractivity contribution is 5.94. The number of nitrogens with one attached hydrogen (secondary N) is 1. The number of amides is 1. The SMILES string of the molecule is Cc1cnn(-c2ccc(C(=O)N[C@@H]3CCCn4ncnc43)cc2)c1. The minimum atomic E-state index is -0.0976. The Morgan fingerprint density at radius 1 is 1.25 bits per heavy atom. The van der Waals surface area contributed by atoms with Crippen LogP contribution in [0.2, 0.25) is 0 Å². The van der Waals surface area contributed by atoms with Crippen LogP contribution in [0.15, 0.2) is 43.0 Å². The molecule has 1 aromatic carbocycles. The maximum absolute atomic E-state index is 12.5. The topological polar surface area (TPSA) is 77.6 Å². The number of nitrogens with zero attached hydrogens (tertiary/aromatic N) is 5. The normalized spacial score (nSPS) is 16.6. The van der Waals surface area contributed by atoms with Gasteiger partial charge in [-0.15, -0.1) is 0 Å². The summed E-state index contributed by atoms with van der Waals surface area (Å²) in [5.41, 5.74) is 2.65. The second kappa shape index (κ2) is 5.92. The van der Waals surface area contributed by atoms with Gasteiger partial charge in [0.05, 0.1) is 17.9 Å². The minimum absolute atomic E-state index is 0.0813. The minimum Gasteiger partial charge on any atom is -0.342 e. The zero-order valence-corrected chi connectivity index (χ0v) is 13.4. The van der Waals surface area contributed by atoms with Crippen LogP contribution < -0.4 is 5.32 Å². The Kier molecular flexibility index (Phi) is 3.60. The molecule has 4 rings (SSSR count). The summed E-state index contributed by atoms with van der Waals surface area (Å²) in [6.45, 7) is 2.86. The van der Waals surface area contributed by atoms with Crippen molar-refractivity contribution in [1.29, 1.82) is 0 Å². The number of carbonyl (C=O) groups is 1. The van der Waals surface area contributed by atoms with Crippen LogP contribution in [0.3, 0.4) is 0 Å². The van der Waals surface area contributed by atoms with Crippen LogP contribution in [-0.2, 0) is 6.54 Å². The number of aromatic nitrogens is 5. The number of benzene rings is 1. The molecule has 0 saturated carbocycles. The molecule has 1 amide bonds. The molecule has 3 aromatic rings. The monoisotopic (exact) mass is 322 g/mol. The zero-order valence-electron chi connectivity index (χ0n) is 13.4. The summed E-state index contributed by atoms with van der Waals surface area (Å²) in [6.07, 6.45) is 7.17. The second-order valence-corrected chi connectivity index (χ2v) is 6.02. The molecule has 7 nitrogen and oxygen atoms in total. The van der Waals surface area contributed by atoms with Crippen molar-refractivity contribution < 1.29 is 4.79 Å². The largest absolute Gasteiger partial charge is 0.342 e. The van der Waals surface area contributed by atoms with Crippen LogP contribution in [0.1, 0.15) is 40.6 Å². The third-order valence-corrected chi connectivity index (χ3v) is 4.23. The molecule has 0 fully saturated rings. The lowest BCUT2D eigenvalue weighted by Crippen LogP contribution is -2.33. The smallest absolute Gasteiger partial charge is 0.251 e. The maximum Gasteiger partial charge on any atom is 0.251 e. The molecule has 122 valence electrons. The molecule has 3 heterocycles. The second-order valence-electron chi connectivity index (χ2n) is 6.02. The number of hydrogen-bond donors (Lipinski definition) is 1. The van der Waals surface area contributed by atoms with E-state index in [0.29, 0.717) is 5.56 Å². The third-order valence-electron chi connectivity index (χ3n) is 4.23. The fraction of sp³-hybridized carbons (Fsp3) is 0.294. The highest BCUT2D eigenvalue weighted by Crippen LogP contribution is 2.22. The molecular weight excluding hydrogens is 304 g/mol. The van der Waals surface area contributed by atoms with Crippen LogP contribution in [0.25, 0.3) is 5.69 Å². The summed E-state index contributed by atoms with van der Waals surface area (Å²) < 4.78 is 3.65. The summed E-state index contributed by atoms with van der Waals surface area (Å²) in [5.74, 6) is 0.734. The molecule has 1 atom stereocenters. The van der Waals surface area contributed by atoms with E-state index >= 15 is 0 Å². The Morgan fingerprint density at radius 2 is 2.08 bits per heavy atom. The van der Waals surface area contributed by atoms with Crippen LogP contribution in [0, 0.1) is 6.92 Å². The maximum atomic E-state index is 12.5. The molecule has 0 unspecified atom stereocenters. The first kappa shape index (κ1) is 14.6. The van der Waals surface area contributed by atoms with Gasteiger partial charge >= 0.3 is 0 Å². The van der Waals surface area contributed by atoms with Gasteiger partial charge in [0.15, 0.2) is 0 Å². The summed E-state index contributed by atoms with van der Waals surface area (Å²) >= 11 is 0. The van der Waals surface area contributed by atoms with Crippen LogP contribution in [0.5, 0.6) is 0 Å². The van der Waals surface area contributed by atoms with Crippen molar-refractivity contribution >= 4 is 5.91 Å². The Bertz CT molecular complexity index is 863. The standard InChI is InChI=1S/C17H18N6O/c1-12-9-19-23(10-12)14-6-4-13(5-7-14)17(24)21-15-3-2-8-22-16(15)18-11-20-22/h4-7,9-11,15H,2-3,8H2,1H3,(H,21,24)/t15-/m1/s1. The van der Waals surface area contributed by atoms with E-state index in [4.69, 9.17) is 0 Å². The number of hydrogen-bond acceptors (Lipinski definition) is 4. The molecule has 24 heavy (non-hydrogen) atoms. The van der Waals surface area contributed by atoms with E-state index in [-0.39, 0.29) is 11.9 Å². The quantitative estimate of drug-likeness (QED) is 0.800. The highest BCUT2D eigenvalue weighted by atomic mass is 16.1. The molecule has 0 saturated heterocycles. The van der Waals surface area contributed by atoms with Crippen molar-refractivity contribution in [1.82, 2.24) is 29.9 Å². The molecule has 2 aromatic heterocycles. The van der Waals surface area contributed by atoms with Crippen LogP contribution >= 0.6 is 0 Å². The van der Waals surface area contributed by atoms with Gasteiger partial charge in [-0.25, -0.2) is 14.3 Å². The Hall–Kier alpha value is -2.96. The molecule has 1 aliphatic rings. The molecule has 0 bridgehead atoms. The lowest BCUT2D eigenvalue weighted by atomic mass is 10.1. The number of fused-ring (bicyclic) bond motifs is 1. The predicted octanol–water partition coefficient (Wildman–Crippen LogP) is 2.04. The first-order valence-electron chi connectivity index (χ1n) is 8.01. The van der Waals surface area contributed by atoms with Crippen molar-refractivity contribution in [3.63, 3.8) is 0 Å². The molecule has 0 spiro atoms. The Labute approximate surface area is 139 Å². The molecule has 1 N–H and O–H groups in total. The van der Waals surface area contributed by atoms with E-state index in [2.05, 4.69) is 20.5 Å². The van der Waals surface area contributed by atoms with Gasteiger partial charge in [0, 0.05) is 18.3 Å². The Balaban J connectivity index is 1.49. The summed E-state index contributed by atoms with van der Waals surface area (Å²) in [4.78, 5) is 16.8.